The summed E-state index contributed by atoms with van der Waals surface area (Å²) in [6, 6.07) is 12.9. The molecule has 0 unspecified atom stereocenters. The van der Waals surface area contributed by atoms with Gasteiger partial charge in [-0.05, 0) is 46.3 Å². The number of Topliss-reactive ketones (excluding diaryl/α,β-unsaturated/α-hetero) is 1. The molecule has 0 atom stereocenters. The van der Waals surface area contributed by atoms with Crippen molar-refractivity contribution in [2.45, 2.75) is 13.3 Å². The normalized spacial score (nSPS) is 10.3. The van der Waals surface area contributed by atoms with Crippen molar-refractivity contribution in [3.05, 3.63) is 57.0 Å². The van der Waals surface area contributed by atoms with Crippen LogP contribution in [0.2, 0.25) is 0 Å². The van der Waals surface area contributed by atoms with E-state index in [1.54, 1.807) is 12.1 Å². The molecule has 4 heteroatoms. The fourth-order valence-electron chi connectivity index (χ4n) is 1.62. The van der Waals surface area contributed by atoms with E-state index in [-0.39, 0.29) is 5.78 Å². The topological polar surface area (TPSA) is 26.3 Å². The summed E-state index contributed by atoms with van der Waals surface area (Å²) in [4.78, 5) is 11.7. The minimum absolute atomic E-state index is 0.111. The van der Waals surface area contributed by atoms with Crippen molar-refractivity contribution in [2.24, 2.45) is 0 Å². The predicted molar refractivity (Wildman–Crippen MR) is 83.0 cm³/mol. The summed E-state index contributed by atoms with van der Waals surface area (Å²) >= 11 is 6.84. The number of halogens is 2. The molecule has 0 radical (unpaired) electrons. The third-order valence-electron chi connectivity index (χ3n) is 2.60. The number of ether oxygens (including phenoxy) is 1. The summed E-state index contributed by atoms with van der Waals surface area (Å²) in [5.74, 6) is 1.48. The van der Waals surface area contributed by atoms with E-state index in [0.717, 1.165) is 8.95 Å². The smallest absolute Gasteiger partial charge is 0.162 e. The number of carbonyl (C=O) groups is 1. The Morgan fingerprint density at radius 3 is 2.63 bits per heavy atom. The summed E-state index contributed by atoms with van der Waals surface area (Å²) in [5.41, 5.74) is 0.674. The molecule has 0 heterocycles. The lowest BCUT2D eigenvalue weighted by Gasteiger charge is -2.09. The van der Waals surface area contributed by atoms with E-state index in [9.17, 15) is 4.79 Å². The Hall–Kier alpha value is -1.13. The van der Waals surface area contributed by atoms with Crippen LogP contribution in [0.15, 0.2) is 51.4 Å². The van der Waals surface area contributed by atoms with Gasteiger partial charge in [0.05, 0.1) is 4.47 Å². The van der Waals surface area contributed by atoms with Gasteiger partial charge in [0.25, 0.3) is 0 Å². The van der Waals surface area contributed by atoms with Gasteiger partial charge in [-0.25, -0.2) is 0 Å². The summed E-state index contributed by atoms with van der Waals surface area (Å²) < 4.78 is 7.61. The van der Waals surface area contributed by atoms with Gasteiger partial charge in [-0.15, -0.1) is 0 Å². The number of rotatable bonds is 4. The van der Waals surface area contributed by atoms with E-state index < -0.39 is 0 Å². The van der Waals surface area contributed by atoms with Gasteiger partial charge in [0.15, 0.2) is 5.78 Å². The highest BCUT2D eigenvalue weighted by molar-refractivity contribution is 9.11. The van der Waals surface area contributed by atoms with Gasteiger partial charge in [0, 0.05) is 16.5 Å². The van der Waals surface area contributed by atoms with Gasteiger partial charge >= 0.3 is 0 Å². The molecular formula is C15H12Br2O2. The van der Waals surface area contributed by atoms with Gasteiger partial charge in [0.1, 0.15) is 11.5 Å². The summed E-state index contributed by atoms with van der Waals surface area (Å²) in [6.45, 7) is 1.85. The molecule has 0 fully saturated rings. The molecule has 0 bridgehead atoms. The van der Waals surface area contributed by atoms with Crippen molar-refractivity contribution in [1.82, 2.24) is 0 Å². The van der Waals surface area contributed by atoms with Crippen LogP contribution in [0.25, 0.3) is 0 Å². The van der Waals surface area contributed by atoms with E-state index in [1.807, 2.05) is 37.3 Å². The van der Waals surface area contributed by atoms with Gasteiger partial charge in [-0.3, -0.25) is 4.79 Å². The highest BCUT2D eigenvalue weighted by atomic mass is 79.9. The Labute approximate surface area is 129 Å². The molecule has 0 aromatic heterocycles. The molecule has 2 rings (SSSR count). The predicted octanol–water partition coefficient (Wildman–Crippen LogP) is 5.60. The number of hydrogen-bond donors (Lipinski definition) is 0. The van der Waals surface area contributed by atoms with E-state index in [0.29, 0.717) is 23.5 Å². The molecule has 0 saturated heterocycles. The van der Waals surface area contributed by atoms with E-state index >= 15 is 0 Å². The molecular weight excluding hydrogens is 372 g/mol. The zero-order valence-corrected chi connectivity index (χ0v) is 13.5. The first kappa shape index (κ1) is 14.3. The third kappa shape index (κ3) is 3.67. The minimum Gasteiger partial charge on any atom is -0.456 e. The Morgan fingerprint density at radius 1 is 1.16 bits per heavy atom. The van der Waals surface area contributed by atoms with Crippen LogP contribution < -0.4 is 4.74 Å². The molecule has 0 spiro atoms. The van der Waals surface area contributed by atoms with E-state index in [1.165, 1.54) is 0 Å². The highest BCUT2D eigenvalue weighted by Crippen LogP contribution is 2.32. The zero-order chi connectivity index (χ0) is 13.8. The standard InChI is InChI=1S/C15H12Br2O2/c1-2-14(18)10-4-3-5-12(8-10)19-15-7-6-11(16)9-13(15)17/h3-9H,2H2,1H3. The SMILES string of the molecule is CCC(=O)c1cccc(Oc2ccc(Br)cc2Br)c1. The minimum atomic E-state index is 0.111. The number of hydrogen-bond acceptors (Lipinski definition) is 2. The van der Waals surface area contributed by atoms with E-state index in [2.05, 4.69) is 31.9 Å². The van der Waals surface area contributed by atoms with Crippen LogP contribution in [0.5, 0.6) is 11.5 Å². The third-order valence-corrected chi connectivity index (χ3v) is 3.71. The van der Waals surface area contributed by atoms with Gasteiger partial charge in [-0.2, -0.15) is 0 Å². The number of carbonyl (C=O) groups excluding carboxylic acids is 1. The molecule has 98 valence electrons. The van der Waals surface area contributed by atoms with Crippen LogP contribution in [-0.4, -0.2) is 5.78 Å². The maximum Gasteiger partial charge on any atom is 0.162 e. The zero-order valence-electron chi connectivity index (χ0n) is 10.3. The fourth-order valence-corrected chi connectivity index (χ4v) is 2.75. The van der Waals surface area contributed by atoms with Crippen molar-refractivity contribution < 1.29 is 9.53 Å². The van der Waals surface area contributed by atoms with Crippen molar-refractivity contribution in [2.75, 3.05) is 0 Å². The van der Waals surface area contributed by atoms with Crippen molar-refractivity contribution in [3.63, 3.8) is 0 Å². The summed E-state index contributed by atoms with van der Waals surface area (Å²) in [7, 11) is 0. The average molecular weight is 384 g/mol. The second-order valence-corrected chi connectivity index (χ2v) is 5.75. The van der Waals surface area contributed by atoms with Crippen molar-refractivity contribution in [3.8, 4) is 11.5 Å². The monoisotopic (exact) mass is 382 g/mol. The summed E-state index contributed by atoms with van der Waals surface area (Å²) in [6.07, 6.45) is 0.491. The Morgan fingerprint density at radius 2 is 1.95 bits per heavy atom. The second kappa shape index (κ2) is 6.35. The van der Waals surface area contributed by atoms with Gasteiger partial charge < -0.3 is 4.74 Å². The molecule has 0 N–H and O–H groups in total. The fraction of sp³-hybridized carbons (Fsp3) is 0.133. The largest absolute Gasteiger partial charge is 0.456 e. The lowest BCUT2D eigenvalue weighted by Crippen LogP contribution is -1.96. The van der Waals surface area contributed by atoms with E-state index in [4.69, 9.17) is 4.74 Å². The molecule has 2 nitrogen and oxygen atoms in total. The van der Waals surface area contributed by atoms with Crippen LogP contribution in [0.1, 0.15) is 23.7 Å². The van der Waals surface area contributed by atoms with Crippen molar-refractivity contribution >= 4 is 37.6 Å². The molecule has 0 saturated carbocycles. The Balaban J connectivity index is 2.26. The lowest BCUT2D eigenvalue weighted by atomic mass is 10.1. The van der Waals surface area contributed by atoms with Gasteiger partial charge in [0.2, 0.25) is 0 Å². The van der Waals surface area contributed by atoms with Crippen molar-refractivity contribution in [1.29, 1.82) is 0 Å². The van der Waals surface area contributed by atoms with Crippen LogP contribution >= 0.6 is 31.9 Å². The Bertz CT molecular complexity index is 609. The quantitative estimate of drug-likeness (QED) is 0.642. The highest BCUT2D eigenvalue weighted by Gasteiger charge is 2.07. The molecule has 0 aliphatic rings. The average Bonchev–Trinajstić information content (AvgIpc) is 2.41. The maximum absolute atomic E-state index is 11.7. The maximum atomic E-state index is 11.7. The first-order chi connectivity index (χ1) is 9.10. The number of benzene rings is 2. The molecule has 0 amide bonds. The molecule has 0 aliphatic heterocycles. The molecule has 2 aromatic carbocycles. The molecule has 2 aromatic rings. The first-order valence-corrected chi connectivity index (χ1v) is 7.45. The Kier molecular flexibility index (Phi) is 4.77. The number of ketones is 1. The molecule has 19 heavy (non-hydrogen) atoms. The summed E-state index contributed by atoms with van der Waals surface area (Å²) in [5, 5.41) is 0. The molecule has 0 aliphatic carbocycles. The lowest BCUT2D eigenvalue weighted by molar-refractivity contribution is 0.0988. The second-order valence-electron chi connectivity index (χ2n) is 3.98. The van der Waals surface area contributed by atoms with Crippen LogP contribution in [-0.2, 0) is 0 Å². The van der Waals surface area contributed by atoms with Crippen LogP contribution in [0.3, 0.4) is 0 Å². The van der Waals surface area contributed by atoms with Gasteiger partial charge in [-0.1, -0.05) is 35.0 Å². The first-order valence-electron chi connectivity index (χ1n) is 5.86. The van der Waals surface area contributed by atoms with Crippen LogP contribution in [0, 0.1) is 0 Å². The van der Waals surface area contributed by atoms with Crippen LogP contribution in [0.4, 0.5) is 0 Å².